The third-order valence-corrected chi connectivity index (χ3v) is 4.19. The highest BCUT2D eigenvalue weighted by Gasteiger charge is 2.19. The van der Waals surface area contributed by atoms with E-state index in [2.05, 4.69) is 5.32 Å². The molecule has 0 fully saturated rings. The van der Waals surface area contributed by atoms with E-state index in [1.807, 2.05) is 42.5 Å². The summed E-state index contributed by atoms with van der Waals surface area (Å²) in [7, 11) is 1.63. The maximum atomic E-state index is 11.8. The van der Waals surface area contributed by atoms with Crippen LogP contribution in [0.15, 0.2) is 42.5 Å². The number of benzene rings is 2. The molecule has 0 aliphatic carbocycles. The monoisotopic (exact) mass is 343 g/mol. The number of hydrogen-bond acceptors (Lipinski definition) is 3. The SMILES string of the molecule is COCCCCC(=O)NCC(Cc1ccc2ccccc2c1)C(=O)O. The lowest BCUT2D eigenvalue weighted by Gasteiger charge is -2.14. The first kappa shape index (κ1) is 18.9. The average molecular weight is 343 g/mol. The van der Waals surface area contributed by atoms with E-state index in [0.717, 1.165) is 29.2 Å². The first-order valence-corrected chi connectivity index (χ1v) is 8.56. The van der Waals surface area contributed by atoms with Crippen LogP contribution in [0.4, 0.5) is 0 Å². The molecule has 1 amide bonds. The Kier molecular flexibility index (Phi) is 7.41. The summed E-state index contributed by atoms with van der Waals surface area (Å²) >= 11 is 0. The molecule has 0 saturated heterocycles. The molecule has 0 spiro atoms. The summed E-state index contributed by atoms with van der Waals surface area (Å²) in [6.07, 6.45) is 2.35. The van der Waals surface area contributed by atoms with Crippen LogP contribution in [0, 0.1) is 5.92 Å². The quantitative estimate of drug-likeness (QED) is 0.650. The van der Waals surface area contributed by atoms with Gasteiger partial charge in [0.1, 0.15) is 0 Å². The summed E-state index contributed by atoms with van der Waals surface area (Å²) < 4.78 is 4.94. The molecule has 0 saturated carbocycles. The van der Waals surface area contributed by atoms with Crippen molar-refractivity contribution in [3.05, 3.63) is 48.0 Å². The first-order valence-electron chi connectivity index (χ1n) is 8.56. The third kappa shape index (κ3) is 6.19. The topological polar surface area (TPSA) is 75.6 Å². The zero-order chi connectivity index (χ0) is 18.1. The van der Waals surface area contributed by atoms with Crippen LogP contribution in [-0.4, -0.2) is 37.2 Å². The van der Waals surface area contributed by atoms with Gasteiger partial charge in [-0.2, -0.15) is 0 Å². The summed E-state index contributed by atoms with van der Waals surface area (Å²) in [5, 5.41) is 14.4. The average Bonchev–Trinajstić information content (AvgIpc) is 2.62. The fraction of sp³-hybridized carbons (Fsp3) is 0.400. The van der Waals surface area contributed by atoms with Gasteiger partial charge in [-0.25, -0.2) is 0 Å². The maximum absolute atomic E-state index is 11.8. The number of ether oxygens (including phenoxy) is 1. The van der Waals surface area contributed by atoms with Gasteiger partial charge in [0.2, 0.25) is 5.91 Å². The van der Waals surface area contributed by atoms with Gasteiger partial charge in [-0.3, -0.25) is 9.59 Å². The van der Waals surface area contributed by atoms with Crippen LogP contribution >= 0.6 is 0 Å². The summed E-state index contributed by atoms with van der Waals surface area (Å²) in [6, 6.07) is 13.9. The number of carbonyl (C=O) groups excluding carboxylic acids is 1. The Hall–Kier alpha value is -2.40. The molecule has 0 heterocycles. The Labute approximate surface area is 148 Å². The number of amides is 1. The zero-order valence-corrected chi connectivity index (χ0v) is 14.5. The smallest absolute Gasteiger partial charge is 0.308 e. The van der Waals surface area contributed by atoms with E-state index in [-0.39, 0.29) is 12.5 Å². The largest absolute Gasteiger partial charge is 0.481 e. The molecule has 1 atom stereocenters. The molecule has 134 valence electrons. The van der Waals surface area contributed by atoms with E-state index in [4.69, 9.17) is 4.74 Å². The van der Waals surface area contributed by atoms with E-state index in [1.165, 1.54) is 0 Å². The summed E-state index contributed by atoms with van der Waals surface area (Å²) in [6.45, 7) is 0.776. The molecule has 0 radical (unpaired) electrons. The van der Waals surface area contributed by atoms with Crippen molar-refractivity contribution in [2.45, 2.75) is 25.7 Å². The maximum Gasteiger partial charge on any atom is 0.308 e. The summed E-state index contributed by atoms with van der Waals surface area (Å²) in [5.74, 6) is -1.64. The van der Waals surface area contributed by atoms with Gasteiger partial charge in [0.05, 0.1) is 5.92 Å². The highest BCUT2D eigenvalue weighted by Crippen LogP contribution is 2.18. The van der Waals surface area contributed by atoms with Crippen LogP contribution in [0.5, 0.6) is 0 Å². The fourth-order valence-electron chi connectivity index (χ4n) is 2.75. The van der Waals surface area contributed by atoms with Crippen LogP contribution in [-0.2, 0) is 20.7 Å². The van der Waals surface area contributed by atoms with Crippen LogP contribution in [0.3, 0.4) is 0 Å². The molecule has 2 N–H and O–H groups in total. The van der Waals surface area contributed by atoms with E-state index < -0.39 is 11.9 Å². The van der Waals surface area contributed by atoms with Crippen LogP contribution < -0.4 is 5.32 Å². The minimum atomic E-state index is -0.896. The number of carbonyl (C=O) groups is 2. The van der Waals surface area contributed by atoms with Crippen molar-refractivity contribution in [3.63, 3.8) is 0 Å². The van der Waals surface area contributed by atoms with Crippen molar-refractivity contribution in [1.82, 2.24) is 5.32 Å². The molecule has 2 rings (SSSR count). The lowest BCUT2D eigenvalue weighted by Crippen LogP contribution is -2.34. The van der Waals surface area contributed by atoms with Gasteiger partial charge < -0.3 is 15.2 Å². The van der Waals surface area contributed by atoms with Gasteiger partial charge in [-0.05, 0) is 35.6 Å². The van der Waals surface area contributed by atoms with Crippen LogP contribution in [0.25, 0.3) is 10.8 Å². The number of nitrogens with one attached hydrogen (secondary N) is 1. The van der Waals surface area contributed by atoms with Crippen molar-refractivity contribution in [3.8, 4) is 0 Å². The minimum absolute atomic E-state index is 0.110. The molecule has 5 heteroatoms. The van der Waals surface area contributed by atoms with Gasteiger partial charge in [0, 0.05) is 26.7 Å². The number of fused-ring (bicyclic) bond motifs is 1. The Morgan fingerprint density at radius 1 is 1.12 bits per heavy atom. The van der Waals surface area contributed by atoms with Gasteiger partial charge >= 0.3 is 5.97 Å². The van der Waals surface area contributed by atoms with Crippen molar-refractivity contribution in [2.24, 2.45) is 5.92 Å². The standard InChI is InChI=1S/C20H25NO4/c1-25-11-5-4-8-19(22)21-14-18(20(23)24)13-15-9-10-16-6-2-3-7-17(16)12-15/h2-3,6-7,9-10,12,18H,4-5,8,11,13-14H2,1H3,(H,21,22)(H,23,24). The number of aliphatic carboxylic acids is 1. The van der Waals surface area contributed by atoms with Gasteiger partial charge in [-0.1, -0.05) is 42.5 Å². The number of hydrogen-bond donors (Lipinski definition) is 2. The predicted molar refractivity (Wildman–Crippen MR) is 97.5 cm³/mol. The Balaban J connectivity index is 1.89. The number of rotatable bonds is 10. The van der Waals surface area contributed by atoms with Crippen molar-refractivity contribution < 1.29 is 19.4 Å². The summed E-state index contributed by atoms with van der Waals surface area (Å²) in [4.78, 5) is 23.3. The van der Waals surface area contributed by atoms with Gasteiger partial charge in [0.25, 0.3) is 0 Å². The number of unbranched alkanes of at least 4 members (excludes halogenated alkanes) is 1. The molecule has 1 unspecified atom stereocenters. The molecule has 0 bridgehead atoms. The van der Waals surface area contributed by atoms with E-state index in [1.54, 1.807) is 7.11 Å². The first-order chi connectivity index (χ1) is 12.1. The molecule has 25 heavy (non-hydrogen) atoms. The fourth-order valence-corrected chi connectivity index (χ4v) is 2.75. The highest BCUT2D eigenvalue weighted by molar-refractivity contribution is 5.83. The molecule has 5 nitrogen and oxygen atoms in total. The van der Waals surface area contributed by atoms with Gasteiger partial charge in [-0.15, -0.1) is 0 Å². The van der Waals surface area contributed by atoms with Gasteiger partial charge in [0.15, 0.2) is 0 Å². The second-order valence-electron chi connectivity index (χ2n) is 6.17. The Morgan fingerprint density at radius 3 is 2.60 bits per heavy atom. The molecular formula is C20H25NO4. The number of carboxylic acids is 1. The second-order valence-corrected chi connectivity index (χ2v) is 6.17. The summed E-state index contributed by atoms with van der Waals surface area (Å²) in [5.41, 5.74) is 0.959. The Morgan fingerprint density at radius 2 is 1.88 bits per heavy atom. The van der Waals surface area contributed by atoms with E-state index in [9.17, 15) is 14.7 Å². The minimum Gasteiger partial charge on any atom is -0.481 e. The second kappa shape index (κ2) is 9.79. The number of methoxy groups -OCH3 is 1. The van der Waals surface area contributed by atoms with Crippen molar-refractivity contribution in [1.29, 1.82) is 0 Å². The normalized spacial score (nSPS) is 12.0. The van der Waals surface area contributed by atoms with Crippen LogP contribution in [0.2, 0.25) is 0 Å². The molecule has 0 aliphatic heterocycles. The third-order valence-electron chi connectivity index (χ3n) is 4.19. The predicted octanol–water partition coefficient (Wildman–Crippen LogP) is 3.02. The molecule has 0 aromatic heterocycles. The lowest BCUT2D eigenvalue weighted by molar-refractivity contribution is -0.141. The van der Waals surface area contributed by atoms with E-state index in [0.29, 0.717) is 19.4 Å². The van der Waals surface area contributed by atoms with Crippen LogP contribution in [0.1, 0.15) is 24.8 Å². The van der Waals surface area contributed by atoms with E-state index >= 15 is 0 Å². The molecule has 2 aromatic rings. The molecule has 2 aromatic carbocycles. The van der Waals surface area contributed by atoms with Crippen molar-refractivity contribution >= 4 is 22.6 Å². The molecular weight excluding hydrogens is 318 g/mol. The number of carboxylic acid groups (broad SMARTS) is 1. The Bertz CT molecular complexity index is 714. The zero-order valence-electron chi connectivity index (χ0n) is 14.5. The van der Waals surface area contributed by atoms with Crippen molar-refractivity contribution in [2.75, 3.05) is 20.3 Å². The molecule has 0 aliphatic rings. The lowest BCUT2D eigenvalue weighted by atomic mass is 9.97. The highest BCUT2D eigenvalue weighted by atomic mass is 16.5.